The molecule has 0 saturated heterocycles. The van der Waals surface area contributed by atoms with Gasteiger partial charge >= 0.3 is 18.1 Å². The monoisotopic (exact) mass is 263 g/mol. The minimum absolute atomic E-state index is 0.778. The number of aliphatic carboxylic acids is 1. The number of ether oxygens (including phenoxy) is 1. The highest BCUT2D eigenvalue weighted by Gasteiger charge is 2.25. The first kappa shape index (κ1) is 15.2. The largest absolute Gasteiger partial charge is 0.478 e. The zero-order chi connectivity index (χ0) is 13.6. The van der Waals surface area contributed by atoms with E-state index >= 15 is 0 Å². The lowest BCUT2D eigenvalue weighted by atomic mass is 10.2. The van der Waals surface area contributed by atoms with E-state index in [2.05, 4.69) is 16.8 Å². The number of carbonyl (C=O) groups is 3. The van der Waals surface area contributed by atoms with Gasteiger partial charge in [0.05, 0.1) is 0 Å². The van der Waals surface area contributed by atoms with E-state index in [1.54, 1.807) is 20.8 Å². The molecule has 3 N–H and O–H groups in total. The van der Waals surface area contributed by atoms with Crippen molar-refractivity contribution in [2.24, 2.45) is 4.36 Å². The van der Waals surface area contributed by atoms with E-state index in [1.165, 1.54) is 0 Å². The first-order valence-corrected chi connectivity index (χ1v) is 4.88. The van der Waals surface area contributed by atoms with E-state index < -0.39 is 29.9 Å². The Morgan fingerprint density at radius 2 is 1.82 bits per heavy atom. The Hall–Kier alpha value is -1.77. The van der Waals surface area contributed by atoms with Gasteiger partial charge in [-0.15, -0.1) is 4.36 Å². The molecule has 96 valence electrons. The van der Waals surface area contributed by atoms with Gasteiger partial charge in [0, 0.05) is 12.4 Å². The third-order valence-electron chi connectivity index (χ3n) is 1.26. The van der Waals surface area contributed by atoms with Gasteiger partial charge in [-0.05, 0) is 20.8 Å². The topological polar surface area (TPSA) is 117 Å². The van der Waals surface area contributed by atoms with Crippen LogP contribution in [0.25, 0.3) is 0 Å². The fourth-order valence-electron chi connectivity index (χ4n) is 0.735. The Balaban J connectivity index is 4.45. The van der Waals surface area contributed by atoms with E-state index in [1.807, 2.05) is 10.6 Å². The first-order valence-electron chi connectivity index (χ1n) is 4.52. The lowest BCUT2D eigenvalue weighted by molar-refractivity contribution is -0.140. The molecule has 1 atom stereocenters. The summed E-state index contributed by atoms with van der Waals surface area (Å²) in [5.74, 6) is -1.47. The number of amides is 3. The van der Waals surface area contributed by atoms with Crippen LogP contribution in [0, 0.1) is 0 Å². The molecular weight excluding hydrogens is 250 g/mol. The van der Waals surface area contributed by atoms with Crippen molar-refractivity contribution in [2.45, 2.75) is 32.5 Å². The predicted molar refractivity (Wildman–Crippen MR) is 59.1 cm³/mol. The molecule has 0 aromatic heterocycles. The van der Waals surface area contributed by atoms with Gasteiger partial charge in [-0.1, -0.05) is 0 Å². The van der Waals surface area contributed by atoms with Gasteiger partial charge in [0.25, 0.3) is 0 Å². The third-order valence-corrected chi connectivity index (χ3v) is 1.42. The average molecular weight is 263 g/mol. The molecule has 0 aromatic carbocycles. The van der Waals surface area contributed by atoms with Crippen LogP contribution in [0.3, 0.4) is 0 Å². The fourth-order valence-corrected chi connectivity index (χ4v) is 0.787. The van der Waals surface area contributed by atoms with E-state index in [4.69, 9.17) is 9.84 Å². The molecule has 0 fully saturated rings. The third kappa shape index (κ3) is 7.17. The summed E-state index contributed by atoms with van der Waals surface area (Å²) < 4.78 is 7.58. The van der Waals surface area contributed by atoms with Gasteiger partial charge in [0.2, 0.25) is 6.17 Å². The summed E-state index contributed by atoms with van der Waals surface area (Å²) in [6.45, 7) is 4.83. The summed E-state index contributed by atoms with van der Waals surface area (Å²) in [7, 11) is 0. The smallest absolute Gasteiger partial charge is 0.409 e. The molecule has 3 amide bonds. The molecule has 0 rings (SSSR count). The van der Waals surface area contributed by atoms with Crippen LogP contribution in [0.1, 0.15) is 20.8 Å². The summed E-state index contributed by atoms with van der Waals surface area (Å²) in [5, 5.41) is 12.5. The Bertz CT molecular complexity index is 339. The van der Waals surface area contributed by atoms with Crippen LogP contribution in [-0.4, -0.2) is 35.0 Å². The Kier molecular flexibility index (Phi) is 5.45. The van der Waals surface area contributed by atoms with Crippen LogP contribution in [0.15, 0.2) is 4.36 Å². The molecule has 8 nitrogen and oxygen atoms in total. The number of rotatable bonds is 3. The van der Waals surface area contributed by atoms with Crippen molar-refractivity contribution in [3.05, 3.63) is 0 Å². The molecule has 0 bridgehead atoms. The van der Waals surface area contributed by atoms with Crippen molar-refractivity contribution in [3.8, 4) is 0 Å². The number of nitrogens with zero attached hydrogens (tertiary/aromatic N) is 1. The zero-order valence-electron chi connectivity index (χ0n) is 9.51. The summed E-state index contributed by atoms with van der Waals surface area (Å²) in [5.41, 5.74) is -0.778. The second-order valence-corrected chi connectivity index (χ2v) is 4.14. The highest BCUT2D eigenvalue weighted by Crippen LogP contribution is 2.06. The van der Waals surface area contributed by atoms with Crippen LogP contribution in [-0.2, 0) is 22.0 Å². The number of alkyl carbamates (subject to hydrolysis) is 1. The number of hydrogen-bond donors (Lipinski definition) is 3. The van der Waals surface area contributed by atoms with Gasteiger partial charge in [-0.25, -0.2) is 14.4 Å². The maximum Gasteiger partial charge on any atom is 0.409 e. The second-order valence-electron chi connectivity index (χ2n) is 3.96. The Labute approximate surface area is 103 Å². The standard InChI is InChI=1S/C8H13N3O5S/c1-8(2,3)16-7(15)10-4(5(12)13)9-6(14)11-17/h4H,1-3H3,(H,9,14)(H,10,15)(H,12,13). The number of carbonyl (C=O) groups excluding carboxylic acids is 2. The second kappa shape index (κ2) is 6.09. The fraction of sp³-hybridized carbons (Fsp3) is 0.625. The Morgan fingerprint density at radius 1 is 1.29 bits per heavy atom. The van der Waals surface area contributed by atoms with Gasteiger partial charge in [-0.3, -0.25) is 5.32 Å². The number of carboxylic acid groups (broad SMARTS) is 1. The van der Waals surface area contributed by atoms with Crippen LogP contribution in [0.4, 0.5) is 9.59 Å². The van der Waals surface area contributed by atoms with Crippen molar-refractivity contribution in [3.63, 3.8) is 0 Å². The van der Waals surface area contributed by atoms with Crippen LogP contribution < -0.4 is 10.6 Å². The molecule has 0 spiro atoms. The average Bonchev–Trinajstić information content (AvgIpc) is 2.13. The summed E-state index contributed by atoms with van der Waals surface area (Å²) in [6.07, 6.45) is -2.63. The number of urea groups is 1. The molecule has 1 unspecified atom stereocenters. The van der Waals surface area contributed by atoms with Crippen molar-refractivity contribution < 1.29 is 24.2 Å². The van der Waals surface area contributed by atoms with Gasteiger partial charge < -0.3 is 15.2 Å². The van der Waals surface area contributed by atoms with E-state index in [0.717, 1.165) is 0 Å². The van der Waals surface area contributed by atoms with Crippen LogP contribution in [0.2, 0.25) is 0 Å². The maximum absolute atomic E-state index is 11.2. The van der Waals surface area contributed by atoms with Crippen molar-refractivity contribution in [1.29, 1.82) is 0 Å². The van der Waals surface area contributed by atoms with E-state index in [9.17, 15) is 14.4 Å². The lowest BCUT2D eigenvalue weighted by Gasteiger charge is -2.21. The summed E-state index contributed by atoms with van der Waals surface area (Å²) in [6, 6.07) is -1.04. The molecule has 0 aromatic rings. The first-order chi connectivity index (χ1) is 7.65. The molecule has 9 heteroatoms. The minimum atomic E-state index is -1.65. The molecule has 0 aliphatic heterocycles. The SMILES string of the molecule is CC(C)(C)OC(=O)NC(NC(=O)N=S)C(=O)O. The highest BCUT2D eigenvalue weighted by molar-refractivity contribution is 7.47. The summed E-state index contributed by atoms with van der Waals surface area (Å²) >= 11 is 4.06. The highest BCUT2D eigenvalue weighted by atomic mass is 32.1. The van der Waals surface area contributed by atoms with Crippen molar-refractivity contribution >= 4 is 30.5 Å². The van der Waals surface area contributed by atoms with Crippen molar-refractivity contribution in [1.82, 2.24) is 10.6 Å². The molecule has 0 aliphatic carbocycles. The molecule has 0 saturated carbocycles. The maximum atomic E-state index is 11.2. The minimum Gasteiger partial charge on any atom is -0.478 e. The van der Waals surface area contributed by atoms with Crippen LogP contribution in [0.5, 0.6) is 0 Å². The molecule has 0 aliphatic rings. The summed E-state index contributed by atoms with van der Waals surface area (Å²) in [4.78, 5) is 32.7. The lowest BCUT2D eigenvalue weighted by Crippen LogP contribution is -2.53. The number of carboxylic acids is 1. The van der Waals surface area contributed by atoms with Crippen LogP contribution >= 0.6 is 0 Å². The van der Waals surface area contributed by atoms with E-state index in [-0.39, 0.29) is 0 Å². The normalized spacial score (nSPS) is 12.2. The molecular formula is C8H13N3O5S. The van der Waals surface area contributed by atoms with Gasteiger partial charge in [0.1, 0.15) is 5.60 Å². The molecule has 0 heterocycles. The van der Waals surface area contributed by atoms with E-state index in [0.29, 0.717) is 0 Å². The number of hydrogen-bond acceptors (Lipinski definition) is 5. The Morgan fingerprint density at radius 3 is 2.18 bits per heavy atom. The van der Waals surface area contributed by atoms with Gasteiger partial charge in [-0.2, -0.15) is 0 Å². The zero-order valence-corrected chi connectivity index (χ0v) is 10.3. The van der Waals surface area contributed by atoms with Crippen molar-refractivity contribution in [2.75, 3.05) is 0 Å². The van der Waals surface area contributed by atoms with Gasteiger partial charge in [0.15, 0.2) is 0 Å². The predicted octanol–water partition coefficient (Wildman–Crippen LogP) is 0.362. The molecule has 17 heavy (non-hydrogen) atoms. The molecule has 0 radical (unpaired) electrons. The quantitative estimate of drug-likeness (QED) is 0.633. The number of nitrogens with one attached hydrogen (secondary N) is 2.